The number of aliphatic imine (C=N–C) groups is 1. The van der Waals surface area contributed by atoms with E-state index in [1.165, 1.54) is 0 Å². The first-order chi connectivity index (χ1) is 12.6. The summed E-state index contributed by atoms with van der Waals surface area (Å²) < 4.78 is 6.11. The van der Waals surface area contributed by atoms with Crippen molar-refractivity contribution in [3.63, 3.8) is 0 Å². The predicted octanol–water partition coefficient (Wildman–Crippen LogP) is 2.86. The minimum Gasteiger partial charge on any atom is -0.457 e. The van der Waals surface area contributed by atoms with E-state index in [4.69, 9.17) is 22.7 Å². The third kappa shape index (κ3) is 2.70. The standard InChI is InChI=1S/C20H15N3O2S/c21-17-20(18(24)23-19(26)22-17)11-15(13-7-3-1-4-8-13)25-16(12-20)14-9-5-2-6-10-14/h1-12H,(H3,21,22,23,24,26). The van der Waals surface area contributed by atoms with Crippen molar-refractivity contribution >= 4 is 40.6 Å². The number of amidine groups is 1. The van der Waals surface area contributed by atoms with Crippen LogP contribution in [0.2, 0.25) is 0 Å². The van der Waals surface area contributed by atoms with Crippen molar-refractivity contribution in [2.45, 2.75) is 0 Å². The molecule has 2 aromatic rings. The summed E-state index contributed by atoms with van der Waals surface area (Å²) in [5.74, 6) is 0.845. The maximum Gasteiger partial charge on any atom is 0.248 e. The molecule has 2 aliphatic heterocycles. The van der Waals surface area contributed by atoms with E-state index in [1.807, 2.05) is 60.7 Å². The highest BCUT2D eigenvalue weighted by molar-refractivity contribution is 7.80. The molecule has 0 aliphatic carbocycles. The number of amides is 1. The highest BCUT2D eigenvalue weighted by Crippen LogP contribution is 2.39. The van der Waals surface area contributed by atoms with Crippen molar-refractivity contribution in [1.82, 2.24) is 5.32 Å². The van der Waals surface area contributed by atoms with Gasteiger partial charge in [-0.15, -0.1) is 0 Å². The minimum atomic E-state index is -1.25. The Labute approximate surface area is 155 Å². The molecule has 0 atom stereocenters. The molecule has 2 heterocycles. The third-order valence-electron chi connectivity index (χ3n) is 4.30. The Morgan fingerprint density at radius 1 is 0.923 bits per heavy atom. The van der Waals surface area contributed by atoms with Crippen LogP contribution in [-0.4, -0.2) is 16.9 Å². The molecular formula is C20H15N3O2S. The number of benzene rings is 2. The molecule has 0 radical (unpaired) electrons. The number of carbonyl (C=O) groups excluding carboxylic acids is 1. The quantitative estimate of drug-likeness (QED) is 0.807. The normalized spacial score (nSPS) is 18.4. The summed E-state index contributed by atoms with van der Waals surface area (Å²) in [5, 5.41) is 2.66. The first-order valence-electron chi connectivity index (χ1n) is 8.03. The lowest BCUT2D eigenvalue weighted by molar-refractivity contribution is -0.123. The van der Waals surface area contributed by atoms with Crippen molar-refractivity contribution in [1.29, 1.82) is 0 Å². The summed E-state index contributed by atoms with van der Waals surface area (Å²) in [6.07, 6.45) is 3.37. The van der Waals surface area contributed by atoms with E-state index in [0.717, 1.165) is 11.1 Å². The molecule has 3 N–H and O–H groups in total. The summed E-state index contributed by atoms with van der Waals surface area (Å²) in [6, 6.07) is 19.1. The molecule has 0 fully saturated rings. The molecule has 0 bridgehead atoms. The fourth-order valence-electron chi connectivity index (χ4n) is 2.95. The first-order valence-corrected chi connectivity index (χ1v) is 8.44. The zero-order chi connectivity index (χ0) is 18.1. The van der Waals surface area contributed by atoms with Gasteiger partial charge >= 0.3 is 0 Å². The SMILES string of the molecule is NC1=NC(=S)NC(=O)C12C=C(c1ccccc1)OC(c1ccccc1)=C2. The number of nitrogens with one attached hydrogen (secondary N) is 1. The minimum absolute atomic E-state index is 0.0638. The monoisotopic (exact) mass is 361 g/mol. The van der Waals surface area contributed by atoms with Gasteiger partial charge in [0.05, 0.1) is 0 Å². The third-order valence-corrected chi connectivity index (χ3v) is 4.49. The molecule has 1 amide bonds. The van der Waals surface area contributed by atoms with Crippen LogP contribution in [0, 0.1) is 5.41 Å². The van der Waals surface area contributed by atoms with Crippen molar-refractivity contribution in [2.75, 3.05) is 0 Å². The Balaban J connectivity index is 1.92. The second kappa shape index (κ2) is 6.24. The Bertz CT molecular complexity index is 923. The molecule has 0 saturated heterocycles. The van der Waals surface area contributed by atoms with E-state index in [9.17, 15) is 4.79 Å². The average Bonchev–Trinajstić information content (AvgIpc) is 2.67. The van der Waals surface area contributed by atoms with Gasteiger partial charge in [-0.1, -0.05) is 60.7 Å². The number of carbonyl (C=O) groups is 1. The van der Waals surface area contributed by atoms with Crippen LogP contribution in [0.3, 0.4) is 0 Å². The van der Waals surface area contributed by atoms with Crippen molar-refractivity contribution in [2.24, 2.45) is 16.1 Å². The van der Waals surface area contributed by atoms with Gasteiger partial charge in [-0.25, -0.2) is 4.99 Å². The molecule has 0 aromatic heterocycles. The van der Waals surface area contributed by atoms with Crippen LogP contribution in [0.25, 0.3) is 11.5 Å². The highest BCUT2D eigenvalue weighted by Gasteiger charge is 2.45. The van der Waals surface area contributed by atoms with E-state index in [-0.39, 0.29) is 16.9 Å². The fourth-order valence-corrected chi connectivity index (χ4v) is 3.14. The highest BCUT2D eigenvalue weighted by atomic mass is 32.1. The van der Waals surface area contributed by atoms with Gasteiger partial charge in [0.1, 0.15) is 17.4 Å². The van der Waals surface area contributed by atoms with Crippen LogP contribution >= 0.6 is 12.2 Å². The van der Waals surface area contributed by atoms with Crippen molar-refractivity contribution < 1.29 is 9.53 Å². The predicted molar refractivity (Wildman–Crippen MR) is 105 cm³/mol. The second-order valence-electron chi connectivity index (χ2n) is 5.98. The molecule has 2 aromatic carbocycles. The molecule has 128 valence electrons. The Kier molecular flexibility index (Phi) is 3.89. The van der Waals surface area contributed by atoms with Crippen LogP contribution in [0.4, 0.5) is 0 Å². The Morgan fingerprint density at radius 3 is 1.88 bits per heavy atom. The summed E-state index contributed by atoms with van der Waals surface area (Å²) >= 11 is 4.99. The molecule has 2 aliphatic rings. The van der Waals surface area contributed by atoms with Crippen molar-refractivity contribution in [3.05, 3.63) is 83.9 Å². The number of hydrogen-bond acceptors (Lipinski definition) is 4. The maximum atomic E-state index is 12.8. The molecule has 1 spiro atoms. The molecule has 4 rings (SSSR count). The number of nitrogens with zero attached hydrogens (tertiary/aromatic N) is 1. The second-order valence-corrected chi connectivity index (χ2v) is 6.36. The van der Waals surface area contributed by atoms with Gasteiger partial charge in [-0.05, 0) is 24.4 Å². The maximum absolute atomic E-state index is 12.8. The number of ether oxygens (including phenoxy) is 1. The molecule has 0 unspecified atom stereocenters. The van der Waals surface area contributed by atoms with Gasteiger partial charge in [0.2, 0.25) is 11.0 Å². The molecule has 26 heavy (non-hydrogen) atoms. The van der Waals surface area contributed by atoms with Gasteiger partial charge in [-0.2, -0.15) is 0 Å². The molecule has 0 saturated carbocycles. The Morgan fingerprint density at radius 2 is 1.42 bits per heavy atom. The zero-order valence-electron chi connectivity index (χ0n) is 13.7. The molecular weight excluding hydrogens is 346 g/mol. The van der Waals surface area contributed by atoms with Gasteiger partial charge in [0, 0.05) is 11.1 Å². The summed E-state index contributed by atoms with van der Waals surface area (Å²) in [6.45, 7) is 0. The van der Waals surface area contributed by atoms with E-state index in [1.54, 1.807) is 12.2 Å². The lowest BCUT2D eigenvalue weighted by atomic mass is 9.80. The smallest absolute Gasteiger partial charge is 0.248 e. The lowest BCUT2D eigenvalue weighted by Gasteiger charge is -2.33. The number of hydrogen-bond donors (Lipinski definition) is 2. The largest absolute Gasteiger partial charge is 0.457 e. The van der Waals surface area contributed by atoms with Crippen LogP contribution in [0.1, 0.15) is 11.1 Å². The first kappa shape index (κ1) is 16.2. The van der Waals surface area contributed by atoms with Crippen LogP contribution < -0.4 is 11.1 Å². The topological polar surface area (TPSA) is 76.7 Å². The molecule has 6 heteroatoms. The summed E-state index contributed by atoms with van der Waals surface area (Å²) in [7, 11) is 0. The van der Waals surface area contributed by atoms with E-state index in [2.05, 4.69) is 10.3 Å². The van der Waals surface area contributed by atoms with E-state index < -0.39 is 5.41 Å². The Hall–Kier alpha value is -3.25. The zero-order valence-corrected chi connectivity index (χ0v) is 14.5. The van der Waals surface area contributed by atoms with E-state index in [0.29, 0.717) is 11.5 Å². The number of thiocarbonyl (C=S) groups is 1. The van der Waals surface area contributed by atoms with Gasteiger partial charge in [-0.3, -0.25) is 10.1 Å². The van der Waals surface area contributed by atoms with Crippen LogP contribution in [-0.2, 0) is 9.53 Å². The summed E-state index contributed by atoms with van der Waals surface area (Å²) in [4.78, 5) is 17.0. The van der Waals surface area contributed by atoms with Crippen LogP contribution in [0.5, 0.6) is 0 Å². The average molecular weight is 361 g/mol. The lowest BCUT2D eigenvalue weighted by Crippen LogP contribution is -2.54. The number of nitrogens with two attached hydrogens (primary N) is 1. The fraction of sp³-hybridized carbons (Fsp3) is 0.0500. The molecule has 5 nitrogen and oxygen atoms in total. The van der Waals surface area contributed by atoms with Crippen LogP contribution in [0.15, 0.2) is 77.8 Å². The van der Waals surface area contributed by atoms with Crippen molar-refractivity contribution in [3.8, 4) is 0 Å². The van der Waals surface area contributed by atoms with Gasteiger partial charge in [0.25, 0.3) is 0 Å². The number of rotatable bonds is 2. The summed E-state index contributed by atoms with van der Waals surface area (Å²) in [5.41, 5.74) is 6.58. The van der Waals surface area contributed by atoms with Gasteiger partial charge in [0.15, 0.2) is 5.41 Å². The van der Waals surface area contributed by atoms with E-state index >= 15 is 0 Å². The van der Waals surface area contributed by atoms with Gasteiger partial charge < -0.3 is 10.5 Å².